The summed E-state index contributed by atoms with van der Waals surface area (Å²) in [7, 11) is -10.7. The minimum absolute atomic E-state index is 0.0677. The molecule has 0 fully saturated rings. The van der Waals surface area contributed by atoms with E-state index < -0.39 is 36.1 Å². The topological polar surface area (TPSA) is 178 Å². The fourth-order valence-corrected chi connectivity index (χ4v) is 6.32. The van der Waals surface area contributed by atoms with Crippen LogP contribution in [-0.4, -0.2) is 36.3 Å². The lowest BCUT2D eigenvalue weighted by Gasteiger charge is -2.35. The van der Waals surface area contributed by atoms with E-state index in [-0.39, 0.29) is 16.8 Å². The van der Waals surface area contributed by atoms with Crippen LogP contribution in [0.5, 0.6) is 0 Å². The highest BCUT2D eigenvalue weighted by molar-refractivity contribution is 7.91. The molecule has 180 valence electrons. The molecule has 3 aromatic rings. The molecule has 0 radical (unpaired) electrons. The Kier molecular flexibility index (Phi) is 6.34. The molecule has 0 aromatic heterocycles. The summed E-state index contributed by atoms with van der Waals surface area (Å²) in [4.78, 5) is -3.07. The van der Waals surface area contributed by atoms with Gasteiger partial charge in [-0.2, -0.15) is 37.3 Å². The molecular weight excluding hydrogens is 496 g/mol. The Morgan fingerprint density at radius 3 is 1.77 bits per heavy atom. The molecule has 2 atom stereocenters. The molecule has 0 saturated heterocycles. The first-order chi connectivity index (χ1) is 16.5. The Morgan fingerprint density at radius 2 is 1.20 bits per heavy atom. The van der Waals surface area contributed by atoms with E-state index in [1.54, 1.807) is 24.3 Å². The van der Waals surface area contributed by atoms with Crippen molar-refractivity contribution in [3.05, 3.63) is 95.7 Å². The molecule has 1 aliphatic carbocycles. The van der Waals surface area contributed by atoms with Crippen LogP contribution in [0.15, 0.2) is 105 Å². The third-order valence-corrected chi connectivity index (χ3v) is 7.82. The van der Waals surface area contributed by atoms with Crippen molar-refractivity contribution >= 4 is 43.4 Å². The molecule has 0 bridgehead atoms. The van der Waals surface area contributed by atoms with Crippen LogP contribution < -0.4 is 0 Å². The number of hydrogen-bond donors (Lipinski definition) is 3. The largest absolute Gasteiger partial charge is 0.511 e. The molecule has 0 saturated carbocycles. The Morgan fingerprint density at radius 1 is 0.686 bits per heavy atom. The van der Waals surface area contributed by atoms with E-state index in [0.717, 1.165) is 6.08 Å². The molecule has 13 heteroatoms. The lowest BCUT2D eigenvalue weighted by molar-refractivity contribution is 0.329. The van der Waals surface area contributed by atoms with Crippen molar-refractivity contribution in [2.75, 3.05) is 0 Å². The summed E-state index contributed by atoms with van der Waals surface area (Å²) in [5.41, 5.74) is 0.925. The number of hydrogen-bond acceptors (Lipinski definition) is 9. The standard InChI is InChI=1S/C22H18N4O7S2/c27-20-14-15-6-4-5-9-19(15)22(35(31,32)33,21(20)34(28,29)30)26-25-18-12-10-17(11-13-18)24-23-16-7-2-1-3-8-16/h1-14,21,27H,(H,28,29,30)(H,31,32,33). The smallest absolute Gasteiger partial charge is 0.299 e. The van der Waals surface area contributed by atoms with Gasteiger partial charge < -0.3 is 5.11 Å². The average Bonchev–Trinajstić information content (AvgIpc) is 2.80. The number of azo groups is 2. The van der Waals surface area contributed by atoms with Gasteiger partial charge in [-0.15, -0.1) is 0 Å². The summed E-state index contributed by atoms with van der Waals surface area (Å²) in [5.74, 6) is -1.03. The van der Waals surface area contributed by atoms with Gasteiger partial charge in [-0.3, -0.25) is 9.11 Å². The fraction of sp³-hybridized carbons (Fsp3) is 0.0909. The SMILES string of the molecule is O=S(=O)(O)C1C(O)=Cc2ccccc2C1(N=Nc1ccc(N=Nc2ccccc2)cc1)S(=O)(=O)O. The van der Waals surface area contributed by atoms with Crippen molar-refractivity contribution in [1.82, 2.24) is 0 Å². The molecule has 0 heterocycles. The van der Waals surface area contributed by atoms with E-state index in [9.17, 15) is 31.0 Å². The van der Waals surface area contributed by atoms with E-state index in [0.29, 0.717) is 11.4 Å². The van der Waals surface area contributed by atoms with E-state index in [1.807, 2.05) is 6.07 Å². The van der Waals surface area contributed by atoms with Crippen LogP contribution in [0.2, 0.25) is 0 Å². The van der Waals surface area contributed by atoms with E-state index >= 15 is 0 Å². The molecular formula is C22H18N4O7S2. The number of rotatable bonds is 6. The highest BCUT2D eigenvalue weighted by Crippen LogP contribution is 2.47. The zero-order valence-corrected chi connectivity index (χ0v) is 19.4. The first kappa shape index (κ1) is 24.3. The molecule has 4 rings (SSSR count). The third-order valence-electron chi connectivity index (χ3n) is 5.17. The number of aliphatic hydroxyl groups excluding tert-OH is 1. The van der Waals surface area contributed by atoms with Crippen molar-refractivity contribution in [3.63, 3.8) is 0 Å². The summed E-state index contributed by atoms with van der Waals surface area (Å²) in [5, 5.41) is 23.5. The zero-order chi connectivity index (χ0) is 25.3. The molecule has 1 aliphatic rings. The van der Waals surface area contributed by atoms with E-state index in [2.05, 4.69) is 20.5 Å². The van der Waals surface area contributed by atoms with Crippen LogP contribution in [0, 0.1) is 0 Å². The van der Waals surface area contributed by atoms with Gasteiger partial charge in [-0.25, -0.2) is 0 Å². The van der Waals surface area contributed by atoms with Gasteiger partial charge in [0.05, 0.1) is 17.1 Å². The average molecular weight is 515 g/mol. The lowest BCUT2D eigenvalue weighted by Crippen LogP contribution is -2.51. The highest BCUT2D eigenvalue weighted by Gasteiger charge is 2.62. The van der Waals surface area contributed by atoms with Crippen LogP contribution in [0.1, 0.15) is 11.1 Å². The number of fused-ring (bicyclic) bond motifs is 1. The Labute approximate surface area is 200 Å². The van der Waals surface area contributed by atoms with Gasteiger partial charge in [0, 0.05) is 5.56 Å². The second kappa shape index (κ2) is 9.11. The summed E-state index contributed by atoms with van der Waals surface area (Å²) in [6, 6.07) is 20.3. The van der Waals surface area contributed by atoms with Crippen molar-refractivity contribution < 1.29 is 31.0 Å². The zero-order valence-electron chi connectivity index (χ0n) is 17.7. The van der Waals surface area contributed by atoms with Crippen molar-refractivity contribution in [3.8, 4) is 0 Å². The molecule has 35 heavy (non-hydrogen) atoms. The maximum Gasteiger partial charge on any atom is 0.299 e. The van der Waals surface area contributed by atoms with Crippen LogP contribution in [0.4, 0.5) is 17.1 Å². The molecule has 0 aliphatic heterocycles. The van der Waals surface area contributed by atoms with Gasteiger partial charge >= 0.3 is 0 Å². The minimum atomic E-state index is -5.42. The first-order valence-corrected chi connectivity index (χ1v) is 12.9. The van der Waals surface area contributed by atoms with Gasteiger partial charge in [0.1, 0.15) is 5.76 Å². The molecule has 0 amide bonds. The van der Waals surface area contributed by atoms with Crippen LogP contribution in [0.25, 0.3) is 6.08 Å². The summed E-state index contributed by atoms with van der Waals surface area (Å²) < 4.78 is 69.6. The third kappa shape index (κ3) is 4.74. The Balaban J connectivity index is 1.78. The molecule has 11 nitrogen and oxygen atoms in total. The predicted octanol–water partition coefficient (Wildman–Crippen LogP) is 5.10. The van der Waals surface area contributed by atoms with Gasteiger partial charge in [-0.05, 0) is 48.0 Å². The van der Waals surface area contributed by atoms with Crippen LogP contribution in [-0.2, 0) is 25.1 Å². The molecule has 3 aromatic carbocycles. The maximum absolute atomic E-state index is 12.6. The summed E-state index contributed by atoms with van der Waals surface area (Å²) in [6.45, 7) is 0. The second-order valence-electron chi connectivity index (χ2n) is 7.47. The number of aliphatic hydroxyl groups is 1. The van der Waals surface area contributed by atoms with Crippen LogP contribution >= 0.6 is 0 Å². The second-order valence-corrected chi connectivity index (χ2v) is 10.5. The Hall–Kier alpha value is -3.78. The molecule has 3 N–H and O–H groups in total. The predicted molar refractivity (Wildman–Crippen MR) is 127 cm³/mol. The van der Waals surface area contributed by atoms with Gasteiger partial charge in [-0.1, -0.05) is 42.5 Å². The highest BCUT2D eigenvalue weighted by atomic mass is 32.2. The number of benzene rings is 3. The van der Waals surface area contributed by atoms with Crippen molar-refractivity contribution in [2.45, 2.75) is 10.1 Å². The lowest BCUT2D eigenvalue weighted by atomic mass is 9.91. The van der Waals surface area contributed by atoms with Gasteiger partial charge in [0.2, 0.25) is 0 Å². The maximum atomic E-state index is 12.6. The summed E-state index contributed by atoms with van der Waals surface area (Å²) >= 11 is 0. The van der Waals surface area contributed by atoms with Crippen molar-refractivity contribution in [2.24, 2.45) is 20.5 Å². The monoisotopic (exact) mass is 514 g/mol. The van der Waals surface area contributed by atoms with Crippen molar-refractivity contribution in [1.29, 1.82) is 0 Å². The van der Waals surface area contributed by atoms with Gasteiger partial charge in [0.25, 0.3) is 25.1 Å². The van der Waals surface area contributed by atoms with Crippen LogP contribution in [0.3, 0.4) is 0 Å². The van der Waals surface area contributed by atoms with E-state index in [4.69, 9.17) is 0 Å². The molecule has 2 unspecified atom stereocenters. The van der Waals surface area contributed by atoms with Gasteiger partial charge in [0.15, 0.2) is 5.25 Å². The Bertz CT molecular complexity index is 1550. The quantitative estimate of drug-likeness (QED) is 0.302. The fourth-order valence-electron chi connectivity index (χ4n) is 3.64. The first-order valence-electron chi connectivity index (χ1n) is 9.95. The normalized spacial score (nSPS) is 20.6. The van der Waals surface area contributed by atoms with E-state index in [1.165, 1.54) is 48.5 Å². The number of nitrogens with zero attached hydrogens (tertiary/aromatic N) is 4. The summed E-state index contributed by atoms with van der Waals surface area (Å²) in [6.07, 6.45) is 0.971. The molecule has 0 spiro atoms. The minimum Gasteiger partial charge on any atom is -0.511 e.